The van der Waals surface area contributed by atoms with Crippen molar-refractivity contribution in [2.75, 3.05) is 32.5 Å². The third-order valence-electron chi connectivity index (χ3n) is 3.24. The summed E-state index contributed by atoms with van der Waals surface area (Å²) < 4.78 is 0. The Morgan fingerprint density at radius 2 is 1.81 bits per heavy atom. The van der Waals surface area contributed by atoms with Gasteiger partial charge in [-0.25, -0.2) is 0 Å². The van der Waals surface area contributed by atoms with Crippen molar-refractivity contribution in [1.29, 1.82) is 0 Å². The van der Waals surface area contributed by atoms with Crippen molar-refractivity contribution in [2.24, 2.45) is 5.92 Å². The Balaban J connectivity index is 0.00000220. The molecule has 0 atom stereocenters. The van der Waals surface area contributed by atoms with Crippen LogP contribution in [0.3, 0.4) is 0 Å². The molecule has 116 valence electrons. The number of nitrogens with zero attached hydrogens (tertiary/aromatic N) is 1. The summed E-state index contributed by atoms with van der Waals surface area (Å²) in [6, 6.07) is 6.93. The maximum atomic E-state index is 11.7. The maximum Gasteiger partial charge on any atom is 0.253 e. The fourth-order valence-corrected chi connectivity index (χ4v) is 1.87. The molecule has 2 N–H and O–H groups in total. The van der Waals surface area contributed by atoms with Crippen LogP contribution < -0.4 is 10.6 Å². The van der Waals surface area contributed by atoms with Gasteiger partial charge in [0, 0.05) is 25.3 Å². The lowest BCUT2D eigenvalue weighted by Crippen LogP contribution is -2.29. The Kier molecular flexibility index (Phi) is 6.65. The van der Waals surface area contributed by atoms with Crippen LogP contribution >= 0.6 is 12.4 Å². The van der Waals surface area contributed by atoms with Gasteiger partial charge in [-0.15, -0.1) is 12.4 Å². The van der Waals surface area contributed by atoms with Crippen LogP contribution in [-0.2, 0) is 4.79 Å². The first-order valence-corrected chi connectivity index (χ1v) is 6.88. The molecule has 0 bridgehead atoms. The van der Waals surface area contributed by atoms with Crippen molar-refractivity contribution in [1.82, 2.24) is 10.2 Å². The van der Waals surface area contributed by atoms with E-state index in [-0.39, 0.29) is 24.2 Å². The van der Waals surface area contributed by atoms with E-state index in [1.807, 2.05) is 0 Å². The third-order valence-corrected chi connectivity index (χ3v) is 3.24. The number of nitrogens with one attached hydrogen (secondary N) is 2. The lowest BCUT2D eigenvalue weighted by molar-refractivity contribution is -0.115. The highest BCUT2D eigenvalue weighted by Gasteiger charge is 2.20. The number of amides is 2. The van der Waals surface area contributed by atoms with Crippen LogP contribution in [-0.4, -0.2) is 43.9 Å². The predicted octanol–water partition coefficient (Wildman–Crippen LogP) is 1.75. The second-order valence-corrected chi connectivity index (χ2v) is 5.40. The highest BCUT2D eigenvalue weighted by atomic mass is 35.5. The number of carbonyl (C=O) groups is 2. The highest BCUT2D eigenvalue weighted by Crippen LogP contribution is 2.27. The molecule has 0 radical (unpaired) electrons. The summed E-state index contributed by atoms with van der Waals surface area (Å²) >= 11 is 0. The first-order valence-electron chi connectivity index (χ1n) is 6.88. The van der Waals surface area contributed by atoms with Crippen molar-refractivity contribution in [3.63, 3.8) is 0 Å². The molecule has 21 heavy (non-hydrogen) atoms. The number of hydrogen-bond acceptors (Lipinski definition) is 3. The molecule has 1 fully saturated rings. The molecule has 1 aliphatic rings. The summed E-state index contributed by atoms with van der Waals surface area (Å²) in [7, 11) is 3.42. The molecule has 0 aromatic heterocycles. The quantitative estimate of drug-likeness (QED) is 0.841. The Morgan fingerprint density at radius 3 is 2.33 bits per heavy atom. The molecule has 0 aliphatic heterocycles. The molecule has 6 heteroatoms. The van der Waals surface area contributed by atoms with Crippen LogP contribution in [0, 0.1) is 5.92 Å². The Labute approximate surface area is 131 Å². The summed E-state index contributed by atoms with van der Waals surface area (Å²) in [5, 5.41) is 5.94. The highest BCUT2D eigenvalue weighted by molar-refractivity contribution is 5.95. The van der Waals surface area contributed by atoms with Gasteiger partial charge in [-0.2, -0.15) is 0 Å². The first kappa shape index (κ1) is 17.5. The number of halogens is 1. The minimum Gasteiger partial charge on any atom is -0.345 e. The molecule has 0 saturated heterocycles. The van der Waals surface area contributed by atoms with Crippen molar-refractivity contribution >= 4 is 29.9 Å². The van der Waals surface area contributed by atoms with E-state index in [9.17, 15) is 9.59 Å². The number of anilines is 1. The number of rotatable bonds is 6. The van der Waals surface area contributed by atoms with Crippen molar-refractivity contribution < 1.29 is 9.59 Å². The van der Waals surface area contributed by atoms with Crippen molar-refractivity contribution in [3.05, 3.63) is 29.8 Å². The zero-order valence-corrected chi connectivity index (χ0v) is 13.2. The molecular formula is C15H22ClN3O2. The van der Waals surface area contributed by atoms with Crippen molar-refractivity contribution in [2.45, 2.75) is 12.8 Å². The molecule has 0 unspecified atom stereocenters. The smallest absolute Gasteiger partial charge is 0.253 e. The summed E-state index contributed by atoms with van der Waals surface area (Å²) in [5.41, 5.74) is 1.32. The molecule has 2 amide bonds. The fourth-order valence-electron chi connectivity index (χ4n) is 1.87. The largest absolute Gasteiger partial charge is 0.345 e. The average molecular weight is 312 g/mol. The summed E-state index contributed by atoms with van der Waals surface area (Å²) in [6.45, 7) is 1.25. The van der Waals surface area contributed by atoms with Gasteiger partial charge in [0.25, 0.3) is 5.91 Å². The SMILES string of the molecule is CN(C)C(=O)c1ccc(NC(=O)CNCC2CC2)cc1.Cl. The fraction of sp³-hybridized carbons (Fsp3) is 0.467. The van der Waals surface area contributed by atoms with Gasteiger partial charge >= 0.3 is 0 Å². The van der Waals surface area contributed by atoms with Gasteiger partial charge in [-0.3, -0.25) is 9.59 Å². The van der Waals surface area contributed by atoms with Gasteiger partial charge < -0.3 is 15.5 Å². The molecule has 1 aliphatic carbocycles. The first-order chi connectivity index (χ1) is 9.56. The molecular weight excluding hydrogens is 290 g/mol. The normalized spacial score (nSPS) is 13.2. The second-order valence-electron chi connectivity index (χ2n) is 5.40. The monoisotopic (exact) mass is 311 g/mol. The molecule has 2 rings (SSSR count). The minimum absolute atomic E-state index is 0. The molecule has 1 aromatic rings. The molecule has 0 heterocycles. The molecule has 5 nitrogen and oxygen atoms in total. The number of hydrogen-bond donors (Lipinski definition) is 2. The van der Waals surface area contributed by atoms with Gasteiger partial charge in [-0.1, -0.05) is 0 Å². The van der Waals surface area contributed by atoms with Crippen LogP contribution in [0.1, 0.15) is 23.2 Å². The van der Waals surface area contributed by atoms with Gasteiger partial charge in [0.1, 0.15) is 0 Å². The lowest BCUT2D eigenvalue weighted by Gasteiger charge is -2.11. The maximum absolute atomic E-state index is 11.7. The zero-order valence-electron chi connectivity index (χ0n) is 12.4. The summed E-state index contributed by atoms with van der Waals surface area (Å²) in [4.78, 5) is 24.9. The van der Waals surface area contributed by atoms with Crippen molar-refractivity contribution in [3.8, 4) is 0 Å². The molecule has 1 aromatic carbocycles. The van der Waals surface area contributed by atoms with Gasteiger partial charge in [-0.05, 0) is 49.6 Å². The predicted molar refractivity (Wildman–Crippen MR) is 85.9 cm³/mol. The van der Waals surface area contributed by atoms with Crippen LogP contribution in [0.5, 0.6) is 0 Å². The van der Waals surface area contributed by atoms with Gasteiger partial charge in [0.05, 0.1) is 6.54 Å². The molecule has 0 spiro atoms. The van der Waals surface area contributed by atoms with E-state index in [4.69, 9.17) is 0 Å². The van der Waals surface area contributed by atoms with Gasteiger partial charge in [0.2, 0.25) is 5.91 Å². The van der Waals surface area contributed by atoms with Gasteiger partial charge in [0.15, 0.2) is 0 Å². The van der Waals surface area contributed by atoms with E-state index in [2.05, 4.69) is 10.6 Å². The van der Waals surface area contributed by atoms with Crippen LogP contribution in [0.2, 0.25) is 0 Å². The van der Waals surface area contributed by atoms with E-state index >= 15 is 0 Å². The Morgan fingerprint density at radius 1 is 1.19 bits per heavy atom. The van der Waals surface area contributed by atoms with Crippen LogP contribution in [0.15, 0.2) is 24.3 Å². The van der Waals surface area contributed by atoms with E-state index in [0.29, 0.717) is 17.8 Å². The van der Waals surface area contributed by atoms with E-state index in [1.165, 1.54) is 17.7 Å². The topological polar surface area (TPSA) is 61.4 Å². The zero-order chi connectivity index (χ0) is 14.5. The third kappa shape index (κ3) is 5.73. The minimum atomic E-state index is -0.0580. The Bertz CT molecular complexity index is 484. The summed E-state index contributed by atoms with van der Waals surface area (Å²) in [6.07, 6.45) is 2.55. The van der Waals surface area contributed by atoms with E-state index in [0.717, 1.165) is 12.5 Å². The van der Waals surface area contributed by atoms with E-state index < -0.39 is 0 Å². The Hall–Kier alpha value is -1.59. The summed E-state index contributed by atoms with van der Waals surface area (Å²) in [5.74, 6) is 0.658. The molecule has 1 saturated carbocycles. The van der Waals surface area contributed by atoms with E-state index in [1.54, 1.807) is 38.4 Å². The number of benzene rings is 1. The van der Waals surface area contributed by atoms with Crippen LogP contribution in [0.25, 0.3) is 0 Å². The average Bonchev–Trinajstić information content (AvgIpc) is 3.23. The lowest BCUT2D eigenvalue weighted by atomic mass is 10.2. The second kappa shape index (κ2) is 8.00. The van der Waals surface area contributed by atoms with Crippen LogP contribution in [0.4, 0.5) is 5.69 Å². The number of carbonyl (C=O) groups excluding carboxylic acids is 2. The standard InChI is InChI=1S/C15H21N3O2.ClH/c1-18(2)15(20)12-5-7-13(8-6-12)17-14(19)10-16-9-11-3-4-11;/h5-8,11,16H,3-4,9-10H2,1-2H3,(H,17,19);1H.